The van der Waals surface area contributed by atoms with E-state index in [1.807, 2.05) is 13.1 Å². The fourth-order valence-corrected chi connectivity index (χ4v) is 2.63. The first kappa shape index (κ1) is 12.8. The third-order valence-electron chi connectivity index (χ3n) is 2.94. The van der Waals surface area contributed by atoms with Gasteiger partial charge in [0.25, 0.3) is 0 Å². The Balaban J connectivity index is 1.63. The van der Waals surface area contributed by atoms with E-state index in [1.165, 1.54) is 11.3 Å². The highest BCUT2D eigenvalue weighted by atomic mass is 32.1. The topological polar surface area (TPSA) is 77.1 Å². The van der Waals surface area contributed by atoms with Gasteiger partial charge in [-0.05, 0) is 19.9 Å². The van der Waals surface area contributed by atoms with Crippen molar-refractivity contribution in [3.05, 3.63) is 35.4 Å². The molecule has 0 aliphatic rings. The Morgan fingerprint density at radius 2 is 2.40 bits per heavy atom. The summed E-state index contributed by atoms with van der Waals surface area (Å²) in [5, 5.41) is 12.2. The molecule has 3 heterocycles. The second-order valence-corrected chi connectivity index (χ2v) is 5.62. The predicted octanol–water partition coefficient (Wildman–Crippen LogP) is 1.17. The van der Waals surface area contributed by atoms with Crippen molar-refractivity contribution in [3.63, 3.8) is 0 Å². The Morgan fingerprint density at radius 1 is 1.55 bits per heavy atom. The summed E-state index contributed by atoms with van der Waals surface area (Å²) < 4.78 is 3.35. The van der Waals surface area contributed by atoms with E-state index >= 15 is 0 Å². The largest absolute Gasteiger partial charge is 0.349 e. The van der Waals surface area contributed by atoms with Crippen molar-refractivity contribution in [1.29, 1.82) is 0 Å². The monoisotopic (exact) mass is 290 g/mol. The minimum Gasteiger partial charge on any atom is -0.349 e. The number of aromatic nitrogens is 5. The first-order chi connectivity index (χ1) is 9.63. The minimum atomic E-state index is -0.339. The molecule has 0 saturated carbocycles. The number of carbonyl (C=O) groups excluding carboxylic acids is 1. The minimum absolute atomic E-state index is 0.0887. The van der Waals surface area contributed by atoms with Crippen LogP contribution in [-0.4, -0.2) is 30.3 Å². The van der Waals surface area contributed by atoms with Crippen molar-refractivity contribution >= 4 is 22.2 Å². The van der Waals surface area contributed by atoms with Gasteiger partial charge in [0, 0.05) is 12.4 Å². The van der Waals surface area contributed by atoms with Crippen molar-refractivity contribution in [3.8, 4) is 0 Å². The average Bonchev–Trinajstić information content (AvgIpc) is 3.10. The normalized spacial score (nSPS) is 12.7. The number of imidazole rings is 1. The van der Waals surface area contributed by atoms with E-state index in [-0.39, 0.29) is 11.9 Å². The Labute approximate surface area is 119 Å². The van der Waals surface area contributed by atoms with E-state index in [0.717, 1.165) is 15.7 Å². The summed E-state index contributed by atoms with van der Waals surface area (Å²) in [4.78, 5) is 17.3. The zero-order valence-electron chi connectivity index (χ0n) is 11.1. The highest BCUT2D eigenvalue weighted by Gasteiger charge is 2.15. The van der Waals surface area contributed by atoms with Crippen LogP contribution in [0.4, 0.5) is 0 Å². The predicted molar refractivity (Wildman–Crippen MR) is 74.4 cm³/mol. The van der Waals surface area contributed by atoms with Crippen molar-refractivity contribution < 1.29 is 4.79 Å². The van der Waals surface area contributed by atoms with Crippen LogP contribution in [0.1, 0.15) is 23.7 Å². The molecule has 0 aromatic carbocycles. The molecule has 3 aromatic heterocycles. The van der Waals surface area contributed by atoms with Gasteiger partial charge in [-0.2, -0.15) is 10.2 Å². The Bertz CT molecular complexity index is 697. The lowest BCUT2D eigenvalue weighted by molar-refractivity contribution is -0.124. The van der Waals surface area contributed by atoms with Crippen LogP contribution in [0, 0.1) is 6.92 Å². The molecule has 0 saturated heterocycles. The molecule has 7 nitrogen and oxygen atoms in total. The van der Waals surface area contributed by atoms with Gasteiger partial charge in [0.2, 0.25) is 10.9 Å². The standard InChI is InChI=1S/C12H14N6OS/c1-8(17-5-3-4-14-17)11(19)13-6-10-7-18-12(15-10)20-9(2)16-18/h3-5,7-8H,6H2,1-2H3,(H,13,19)/t8-/m1/s1. The van der Waals surface area contributed by atoms with Crippen molar-refractivity contribution in [1.82, 2.24) is 29.7 Å². The summed E-state index contributed by atoms with van der Waals surface area (Å²) >= 11 is 1.53. The van der Waals surface area contributed by atoms with E-state index in [9.17, 15) is 4.79 Å². The number of rotatable bonds is 4. The molecule has 0 fully saturated rings. The number of nitrogens with zero attached hydrogens (tertiary/aromatic N) is 5. The van der Waals surface area contributed by atoms with Gasteiger partial charge in [-0.15, -0.1) is 0 Å². The first-order valence-corrected chi connectivity index (χ1v) is 7.03. The van der Waals surface area contributed by atoms with E-state index in [2.05, 4.69) is 20.5 Å². The molecule has 1 N–H and O–H groups in total. The molecule has 3 aromatic rings. The molecule has 104 valence electrons. The SMILES string of the molecule is Cc1nn2cc(CNC(=O)[C@@H](C)n3cccn3)nc2s1. The average molecular weight is 290 g/mol. The summed E-state index contributed by atoms with van der Waals surface area (Å²) in [6.07, 6.45) is 5.25. The Morgan fingerprint density at radius 3 is 3.10 bits per heavy atom. The van der Waals surface area contributed by atoms with Crippen LogP contribution >= 0.6 is 11.3 Å². The number of nitrogens with one attached hydrogen (secondary N) is 1. The molecule has 0 spiro atoms. The van der Waals surface area contributed by atoms with Gasteiger partial charge < -0.3 is 5.32 Å². The zero-order valence-corrected chi connectivity index (χ0v) is 12.0. The van der Waals surface area contributed by atoms with Crippen LogP contribution in [-0.2, 0) is 11.3 Å². The summed E-state index contributed by atoms with van der Waals surface area (Å²) in [5.74, 6) is -0.0887. The van der Waals surface area contributed by atoms with Gasteiger partial charge >= 0.3 is 0 Å². The van der Waals surface area contributed by atoms with Crippen LogP contribution in [0.2, 0.25) is 0 Å². The maximum Gasteiger partial charge on any atom is 0.244 e. The van der Waals surface area contributed by atoms with Crippen molar-refractivity contribution in [2.45, 2.75) is 26.4 Å². The fraction of sp³-hybridized carbons (Fsp3) is 0.333. The Hall–Kier alpha value is -2.22. The maximum absolute atomic E-state index is 12.0. The summed E-state index contributed by atoms with van der Waals surface area (Å²) in [5.41, 5.74) is 0.796. The van der Waals surface area contributed by atoms with Gasteiger partial charge in [-0.25, -0.2) is 9.50 Å². The lowest BCUT2D eigenvalue weighted by Crippen LogP contribution is -2.30. The molecule has 0 aliphatic carbocycles. The van der Waals surface area contributed by atoms with Crippen LogP contribution in [0.15, 0.2) is 24.7 Å². The molecule has 20 heavy (non-hydrogen) atoms. The quantitative estimate of drug-likeness (QED) is 0.782. The van der Waals surface area contributed by atoms with Crippen LogP contribution in [0.3, 0.4) is 0 Å². The van der Waals surface area contributed by atoms with Crippen molar-refractivity contribution in [2.75, 3.05) is 0 Å². The maximum atomic E-state index is 12.0. The molecule has 0 radical (unpaired) electrons. The lowest BCUT2D eigenvalue weighted by Gasteiger charge is -2.11. The summed E-state index contributed by atoms with van der Waals surface area (Å²) in [7, 11) is 0. The van der Waals surface area contributed by atoms with Gasteiger partial charge in [-0.1, -0.05) is 11.3 Å². The fourth-order valence-electron chi connectivity index (χ4n) is 1.89. The smallest absolute Gasteiger partial charge is 0.244 e. The molecular formula is C12H14N6OS. The van der Waals surface area contributed by atoms with Crippen molar-refractivity contribution in [2.24, 2.45) is 0 Å². The molecule has 1 atom stereocenters. The van der Waals surface area contributed by atoms with Crippen LogP contribution in [0.25, 0.3) is 4.96 Å². The first-order valence-electron chi connectivity index (χ1n) is 6.22. The summed E-state index contributed by atoms with van der Waals surface area (Å²) in [6, 6.07) is 1.45. The third-order valence-corrected chi connectivity index (χ3v) is 3.78. The molecule has 0 aliphatic heterocycles. The molecule has 0 unspecified atom stereocenters. The highest BCUT2D eigenvalue weighted by Crippen LogP contribution is 2.13. The van der Waals surface area contributed by atoms with Crippen LogP contribution < -0.4 is 5.32 Å². The number of aryl methyl sites for hydroxylation is 1. The number of fused-ring (bicyclic) bond motifs is 1. The summed E-state index contributed by atoms with van der Waals surface area (Å²) in [6.45, 7) is 4.13. The number of amides is 1. The number of hydrogen-bond acceptors (Lipinski definition) is 5. The number of carbonyl (C=O) groups is 1. The van der Waals surface area contributed by atoms with E-state index in [1.54, 1.807) is 34.6 Å². The van der Waals surface area contributed by atoms with Crippen LogP contribution in [0.5, 0.6) is 0 Å². The van der Waals surface area contributed by atoms with Gasteiger partial charge in [0.05, 0.1) is 18.4 Å². The zero-order chi connectivity index (χ0) is 14.1. The van der Waals surface area contributed by atoms with Gasteiger partial charge in [0.1, 0.15) is 11.0 Å². The third kappa shape index (κ3) is 2.42. The second-order valence-electron chi connectivity index (χ2n) is 4.46. The van der Waals surface area contributed by atoms with E-state index < -0.39 is 0 Å². The lowest BCUT2D eigenvalue weighted by atomic mass is 10.3. The molecule has 1 amide bonds. The van der Waals surface area contributed by atoms with E-state index in [4.69, 9.17) is 0 Å². The number of hydrogen-bond donors (Lipinski definition) is 1. The van der Waals surface area contributed by atoms with E-state index in [0.29, 0.717) is 6.54 Å². The van der Waals surface area contributed by atoms with Gasteiger partial charge in [0.15, 0.2) is 0 Å². The molecular weight excluding hydrogens is 276 g/mol. The second kappa shape index (κ2) is 5.04. The molecule has 8 heteroatoms. The Kier molecular flexibility index (Phi) is 3.23. The van der Waals surface area contributed by atoms with Gasteiger partial charge in [-0.3, -0.25) is 9.48 Å². The molecule has 3 rings (SSSR count). The highest BCUT2D eigenvalue weighted by molar-refractivity contribution is 7.16. The molecule has 0 bridgehead atoms.